The van der Waals surface area contributed by atoms with Gasteiger partial charge in [-0.25, -0.2) is 0 Å². The van der Waals surface area contributed by atoms with E-state index in [1.807, 2.05) is 0 Å². The fourth-order valence-corrected chi connectivity index (χ4v) is 2.55. The standard InChI is InChI=1S/C14H20ClN3O2/c1-20-11-3-2-6-18(8-11)9-14(19)17-13-7-10(16)4-5-12(13)15/h4-5,7,11H,2-3,6,8-9,16H2,1H3,(H,17,19). The van der Waals surface area contributed by atoms with Gasteiger partial charge in [-0.05, 0) is 37.6 Å². The van der Waals surface area contributed by atoms with Gasteiger partial charge in [-0.1, -0.05) is 11.6 Å². The monoisotopic (exact) mass is 297 g/mol. The largest absolute Gasteiger partial charge is 0.399 e. The SMILES string of the molecule is COC1CCCN(CC(=O)Nc2cc(N)ccc2Cl)C1. The van der Waals surface area contributed by atoms with Crippen LogP contribution in [0, 0.1) is 0 Å². The second kappa shape index (κ2) is 6.92. The minimum atomic E-state index is -0.0887. The molecule has 1 fully saturated rings. The van der Waals surface area contributed by atoms with Crippen LogP contribution in [0.1, 0.15) is 12.8 Å². The summed E-state index contributed by atoms with van der Waals surface area (Å²) in [4.78, 5) is 14.1. The molecule has 20 heavy (non-hydrogen) atoms. The zero-order chi connectivity index (χ0) is 14.5. The second-order valence-electron chi connectivity index (χ2n) is 5.02. The van der Waals surface area contributed by atoms with Crippen LogP contribution in [0.5, 0.6) is 0 Å². The van der Waals surface area contributed by atoms with E-state index in [0.717, 1.165) is 25.9 Å². The van der Waals surface area contributed by atoms with Crippen molar-refractivity contribution in [2.45, 2.75) is 18.9 Å². The van der Waals surface area contributed by atoms with Crippen molar-refractivity contribution in [2.75, 3.05) is 37.8 Å². The van der Waals surface area contributed by atoms with Crippen molar-refractivity contribution in [2.24, 2.45) is 0 Å². The van der Waals surface area contributed by atoms with Gasteiger partial charge in [0.2, 0.25) is 5.91 Å². The van der Waals surface area contributed by atoms with Gasteiger partial charge in [0.1, 0.15) is 0 Å². The third-order valence-electron chi connectivity index (χ3n) is 3.43. The van der Waals surface area contributed by atoms with Gasteiger partial charge in [0, 0.05) is 19.3 Å². The quantitative estimate of drug-likeness (QED) is 0.834. The number of ether oxygens (including phenoxy) is 1. The van der Waals surface area contributed by atoms with Crippen LogP contribution >= 0.6 is 11.6 Å². The highest BCUT2D eigenvalue weighted by atomic mass is 35.5. The number of halogens is 1. The Morgan fingerprint density at radius 3 is 3.15 bits per heavy atom. The average molecular weight is 298 g/mol. The maximum absolute atomic E-state index is 12.0. The van der Waals surface area contributed by atoms with Gasteiger partial charge in [0.15, 0.2) is 0 Å². The number of hydrogen-bond donors (Lipinski definition) is 2. The van der Waals surface area contributed by atoms with E-state index in [1.54, 1.807) is 25.3 Å². The summed E-state index contributed by atoms with van der Waals surface area (Å²) in [7, 11) is 1.71. The molecule has 110 valence electrons. The predicted molar refractivity (Wildman–Crippen MR) is 81.0 cm³/mol. The zero-order valence-corrected chi connectivity index (χ0v) is 12.3. The number of nitrogens with zero attached hydrogens (tertiary/aromatic N) is 1. The lowest BCUT2D eigenvalue weighted by Crippen LogP contribution is -2.43. The Labute approximate surface area is 124 Å². The highest BCUT2D eigenvalue weighted by molar-refractivity contribution is 6.33. The van der Waals surface area contributed by atoms with E-state index in [2.05, 4.69) is 10.2 Å². The first-order valence-electron chi connectivity index (χ1n) is 6.68. The molecule has 1 saturated heterocycles. The van der Waals surface area contributed by atoms with Crippen molar-refractivity contribution < 1.29 is 9.53 Å². The molecule has 5 nitrogen and oxygen atoms in total. The number of carbonyl (C=O) groups excluding carboxylic acids is 1. The van der Waals surface area contributed by atoms with Crippen molar-refractivity contribution in [1.82, 2.24) is 4.90 Å². The molecular formula is C14H20ClN3O2. The minimum Gasteiger partial charge on any atom is -0.399 e. The van der Waals surface area contributed by atoms with Crippen LogP contribution in [0.3, 0.4) is 0 Å². The number of nitrogens with one attached hydrogen (secondary N) is 1. The van der Waals surface area contributed by atoms with Gasteiger partial charge >= 0.3 is 0 Å². The van der Waals surface area contributed by atoms with Crippen LogP contribution in [0.25, 0.3) is 0 Å². The van der Waals surface area contributed by atoms with Crippen molar-refractivity contribution >= 4 is 28.9 Å². The topological polar surface area (TPSA) is 67.6 Å². The molecule has 0 aliphatic carbocycles. The van der Waals surface area contributed by atoms with E-state index in [0.29, 0.717) is 22.9 Å². The van der Waals surface area contributed by atoms with E-state index in [-0.39, 0.29) is 12.0 Å². The Kier molecular flexibility index (Phi) is 5.23. The van der Waals surface area contributed by atoms with Crippen molar-refractivity contribution in [1.29, 1.82) is 0 Å². The van der Waals surface area contributed by atoms with Gasteiger partial charge in [-0.2, -0.15) is 0 Å². The third-order valence-corrected chi connectivity index (χ3v) is 3.76. The van der Waals surface area contributed by atoms with Crippen LogP contribution in [0.15, 0.2) is 18.2 Å². The van der Waals surface area contributed by atoms with Crippen LogP contribution in [0.4, 0.5) is 11.4 Å². The number of benzene rings is 1. The maximum Gasteiger partial charge on any atom is 0.238 e. The summed E-state index contributed by atoms with van der Waals surface area (Å²) in [6.45, 7) is 2.04. The zero-order valence-electron chi connectivity index (χ0n) is 11.6. The molecule has 0 bridgehead atoms. The molecule has 2 rings (SSSR count). The van der Waals surface area contributed by atoms with Crippen LogP contribution in [-0.4, -0.2) is 43.7 Å². The summed E-state index contributed by atoms with van der Waals surface area (Å²) in [5, 5.41) is 3.28. The number of carbonyl (C=O) groups is 1. The van der Waals surface area contributed by atoms with Crippen molar-refractivity contribution in [3.05, 3.63) is 23.2 Å². The smallest absolute Gasteiger partial charge is 0.238 e. The number of amides is 1. The Bertz CT molecular complexity index is 481. The summed E-state index contributed by atoms with van der Waals surface area (Å²) in [5.41, 5.74) is 6.81. The van der Waals surface area contributed by atoms with E-state index in [1.165, 1.54) is 0 Å². The first-order valence-corrected chi connectivity index (χ1v) is 7.06. The number of anilines is 2. The molecule has 1 aliphatic rings. The van der Waals surface area contributed by atoms with E-state index in [9.17, 15) is 4.79 Å². The number of likely N-dealkylation sites (tertiary alicyclic amines) is 1. The normalized spacial score (nSPS) is 19.8. The highest BCUT2D eigenvalue weighted by Crippen LogP contribution is 2.24. The van der Waals surface area contributed by atoms with Gasteiger partial charge in [0.05, 0.1) is 23.4 Å². The molecule has 0 saturated carbocycles. The van der Waals surface area contributed by atoms with E-state index >= 15 is 0 Å². The van der Waals surface area contributed by atoms with Crippen molar-refractivity contribution in [3.8, 4) is 0 Å². The summed E-state index contributed by atoms with van der Waals surface area (Å²) < 4.78 is 5.35. The summed E-state index contributed by atoms with van der Waals surface area (Å²) in [5.74, 6) is -0.0887. The average Bonchev–Trinajstić information content (AvgIpc) is 2.43. The summed E-state index contributed by atoms with van der Waals surface area (Å²) in [6.07, 6.45) is 2.31. The molecule has 6 heteroatoms. The Morgan fingerprint density at radius 2 is 2.40 bits per heavy atom. The van der Waals surface area contributed by atoms with E-state index < -0.39 is 0 Å². The fourth-order valence-electron chi connectivity index (χ4n) is 2.38. The first-order chi connectivity index (χ1) is 9.58. The first kappa shape index (κ1) is 15.1. The van der Waals surface area contributed by atoms with Crippen LogP contribution < -0.4 is 11.1 Å². The van der Waals surface area contributed by atoms with Gasteiger partial charge < -0.3 is 15.8 Å². The molecule has 1 atom stereocenters. The second-order valence-corrected chi connectivity index (χ2v) is 5.43. The lowest BCUT2D eigenvalue weighted by Gasteiger charge is -2.31. The molecule has 0 aromatic heterocycles. The molecule has 1 amide bonds. The molecule has 0 spiro atoms. The fraction of sp³-hybridized carbons (Fsp3) is 0.500. The maximum atomic E-state index is 12.0. The molecule has 3 N–H and O–H groups in total. The number of nitrogen functional groups attached to an aromatic ring is 1. The van der Waals surface area contributed by atoms with E-state index in [4.69, 9.17) is 22.1 Å². The summed E-state index contributed by atoms with van der Waals surface area (Å²) >= 11 is 6.02. The third kappa shape index (κ3) is 4.10. The van der Waals surface area contributed by atoms with Crippen LogP contribution in [-0.2, 0) is 9.53 Å². The number of piperidine rings is 1. The number of rotatable bonds is 4. The summed E-state index contributed by atoms with van der Waals surface area (Å²) in [6, 6.07) is 5.04. The Balaban J connectivity index is 1.90. The molecule has 1 aromatic carbocycles. The number of nitrogens with two attached hydrogens (primary N) is 1. The molecule has 1 aliphatic heterocycles. The molecule has 0 radical (unpaired) electrons. The molecule has 1 unspecified atom stereocenters. The number of methoxy groups -OCH3 is 1. The van der Waals surface area contributed by atoms with Gasteiger partial charge in [-0.15, -0.1) is 0 Å². The Morgan fingerprint density at radius 1 is 1.60 bits per heavy atom. The van der Waals surface area contributed by atoms with Crippen molar-refractivity contribution in [3.63, 3.8) is 0 Å². The molecule has 1 aromatic rings. The van der Waals surface area contributed by atoms with Crippen LogP contribution in [0.2, 0.25) is 5.02 Å². The highest BCUT2D eigenvalue weighted by Gasteiger charge is 2.21. The number of hydrogen-bond acceptors (Lipinski definition) is 4. The minimum absolute atomic E-state index is 0.0887. The lowest BCUT2D eigenvalue weighted by atomic mass is 10.1. The Hall–Kier alpha value is -1.30. The lowest BCUT2D eigenvalue weighted by molar-refractivity contribution is -0.118. The predicted octanol–water partition coefficient (Wildman–Crippen LogP) is 1.97. The molecule has 1 heterocycles. The molecular weight excluding hydrogens is 278 g/mol. The van der Waals surface area contributed by atoms with Gasteiger partial charge in [-0.3, -0.25) is 9.69 Å². The van der Waals surface area contributed by atoms with Gasteiger partial charge in [0.25, 0.3) is 0 Å².